The van der Waals surface area contributed by atoms with Gasteiger partial charge in [-0.05, 0) is 12.8 Å². The van der Waals surface area contributed by atoms with Crippen molar-refractivity contribution in [2.45, 2.75) is 37.5 Å². The van der Waals surface area contributed by atoms with Crippen molar-refractivity contribution in [3.8, 4) is 0 Å². The first-order chi connectivity index (χ1) is 10.9. The molecule has 0 radical (unpaired) electrons. The second kappa shape index (κ2) is 6.18. The number of hydroxylamine groups is 2. The molecule has 2 fully saturated rings. The second-order valence-corrected chi connectivity index (χ2v) is 6.27. The van der Waals surface area contributed by atoms with Gasteiger partial charge in [-0.15, -0.1) is 4.28 Å². The number of carbonyl (C=O) groups is 2. The third-order valence-corrected chi connectivity index (χ3v) is 3.81. The highest BCUT2D eigenvalue weighted by Gasteiger charge is 2.48. The number of amidine groups is 1. The molecule has 24 heavy (non-hydrogen) atoms. The van der Waals surface area contributed by atoms with Gasteiger partial charge in [0.05, 0.1) is 12.1 Å². The van der Waals surface area contributed by atoms with Gasteiger partial charge in [0, 0.05) is 6.54 Å². The highest BCUT2D eigenvalue weighted by molar-refractivity contribution is 7.80. The molecule has 2 heterocycles. The Morgan fingerprint density at radius 2 is 2.04 bits per heavy atom. The summed E-state index contributed by atoms with van der Waals surface area (Å²) >= 11 is 0. The predicted octanol–water partition coefficient (Wildman–Crippen LogP) is 0.0353. The van der Waals surface area contributed by atoms with Crippen LogP contribution < -0.4 is 5.32 Å². The summed E-state index contributed by atoms with van der Waals surface area (Å²) in [7, 11) is -4.93. The minimum atomic E-state index is -4.93. The van der Waals surface area contributed by atoms with Crippen molar-refractivity contribution in [1.29, 1.82) is 5.41 Å². The van der Waals surface area contributed by atoms with Crippen LogP contribution in [0.3, 0.4) is 0 Å². The number of hydrogen-bond acceptors (Lipinski definition) is 6. The van der Waals surface area contributed by atoms with E-state index in [1.165, 1.54) is 0 Å². The number of piperidine rings is 1. The van der Waals surface area contributed by atoms with E-state index in [0.717, 1.165) is 4.90 Å². The molecule has 3 amide bonds. The number of amides is 3. The molecular weight excluding hydrogens is 361 g/mol. The van der Waals surface area contributed by atoms with Crippen molar-refractivity contribution in [3.63, 3.8) is 0 Å². The lowest BCUT2D eigenvalue weighted by atomic mass is 10.00. The van der Waals surface area contributed by atoms with Crippen molar-refractivity contribution < 1.29 is 40.0 Å². The molecule has 136 valence electrons. The van der Waals surface area contributed by atoms with Crippen LogP contribution in [0.15, 0.2) is 0 Å². The molecule has 0 aromatic carbocycles. The van der Waals surface area contributed by atoms with E-state index < -0.39 is 52.9 Å². The molecule has 14 heteroatoms. The zero-order chi connectivity index (χ0) is 18.3. The van der Waals surface area contributed by atoms with Crippen LogP contribution in [0.25, 0.3) is 0 Å². The first-order valence-corrected chi connectivity index (χ1v) is 7.96. The van der Waals surface area contributed by atoms with Gasteiger partial charge in [0.2, 0.25) is 5.91 Å². The summed E-state index contributed by atoms with van der Waals surface area (Å²) in [6.45, 7) is -0.0590. The lowest BCUT2D eigenvalue weighted by Crippen LogP contribution is -2.51. The van der Waals surface area contributed by atoms with Crippen LogP contribution in [0.2, 0.25) is 0 Å². The number of halogens is 3. The molecule has 2 saturated heterocycles. The lowest BCUT2D eigenvalue weighted by Gasteiger charge is -2.30. The Balaban J connectivity index is 2.03. The summed E-state index contributed by atoms with van der Waals surface area (Å²) < 4.78 is 70.6. The van der Waals surface area contributed by atoms with Crippen molar-refractivity contribution in [3.05, 3.63) is 0 Å². The van der Waals surface area contributed by atoms with Crippen LogP contribution in [0, 0.1) is 5.41 Å². The Bertz CT molecular complexity index is 666. The molecule has 10 nitrogen and oxygen atoms in total. The van der Waals surface area contributed by atoms with E-state index in [0.29, 0.717) is 5.06 Å². The molecule has 2 bridgehead atoms. The Morgan fingerprint density at radius 3 is 2.58 bits per heavy atom. The van der Waals surface area contributed by atoms with Crippen LogP contribution in [-0.2, 0) is 19.5 Å². The molecule has 3 N–H and O–H groups in total. The van der Waals surface area contributed by atoms with Gasteiger partial charge in [-0.3, -0.25) is 14.8 Å². The van der Waals surface area contributed by atoms with E-state index in [1.807, 2.05) is 0 Å². The van der Waals surface area contributed by atoms with Crippen molar-refractivity contribution in [2.75, 3.05) is 6.54 Å². The van der Waals surface area contributed by atoms with Gasteiger partial charge in [-0.1, -0.05) is 0 Å². The molecule has 2 rings (SSSR count). The van der Waals surface area contributed by atoms with E-state index in [-0.39, 0.29) is 19.4 Å². The lowest BCUT2D eigenvalue weighted by molar-refractivity contribution is -0.152. The van der Waals surface area contributed by atoms with Crippen LogP contribution in [-0.4, -0.2) is 65.5 Å². The van der Waals surface area contributed by atoms with E-state index in [4.69, 9.17) is 9.96 Å². The summed E-state index contributed by atoms with van der Waals surface area (Å²) in [5, 5.41) is 9.90. The van der Waals surface area contributed by atoms with Gasteiger partial charge in [0.1, 0.15) is 12.3 Å². The highest BCUT2D eigenvalue weighted by atomic mass is 32.3. The number of fused-ring (bicyclic) bond motifs is 2. The molecule has 2 aliphatic heterocycles. The van der Waals surface area contributed by atoms with Gasteiger partial charge in [-0.2, -0.15) is 26.7 Å². The summed E-state index contributed by atoms with van der Waals surface area (Å²) in [4.78, 5) is 24.3. The first-order valence-electron chi connectivity index (χ1n) is 6.59. The van der Waals surface area contributed by atoms with Crippen molar-refractivity contribution >= 4 is 28.2 Å². The number of urea groups is 1. The summed E-state index contributed by atoms with van der Waals surface area (Å²) in [6.07, 6.45) is -6.23. The maximum Gasteiger partial charge on any atom is 0.418 e. The van der Waals surface area contributed by atoms with Crippen LogP contribution in [0.5, 0.6) is 0 Å². The number of carbonyl (C=O) groups excluding carboxylic acids is 2. The van der Waals surface area contributed by atoms with E-state index in [9.17, 15) is 31.2 Å². The van der Waals surface area contributed by atoms with Gasteiger partial charge in [-0.25, -0.2) is 4.79 Å². The second-order valence-electron chi connectivity index (χ2n) is 5.26. The topological polar surface area (TPSA) is 140 Å². The van der Waals surface area contributed by atoms with Gasteiger partial charge < -0.3 is 10.2 Å². The molecule has 0 aromatic heterocycles. The number of alkyl halides is 3. The fourth-order valence-corrected chi connectivity index (χ4v) is 2.98. The number of rotatable bonds is 4. The standard InChI is InChI=1S/C10H13F3N4O6S/c11-10(12,13)3-7(18)15-8(14)6-2-1-5-4-16(6)9(19)17(5)23-24(20,21)22/h5-6H,1-4H2,(H2,14,15,18)(H,20,21,22)/t5-,6?/m1/s1. The van der Waals surface area contributed by atoms with Crippen molar-refractivity contribution in [2.24, 2.45) is 0 Å². The molecule has 0 aliphatic carbocycles. The largest absolute Gasteiger partial charge is 0.418 e. The number of nitrogens with one attached hydrogen (secondary N) is 2. The average molecular weight is 374 g/mol. The minimum absolute atomic E-state index is 0.0590. The monoisotopic (exact) mass is 374 g/mol. The number of nitrogens with zero attached hydrogens (tertiary/aromatic N) is 2. The van der Waals surface area contributed by atoms with E-state index >= 15 is 0 Å². The van der Waals surface area contributed by atoms with Gasteiger partial charge in [0.25, 0.3) is 0 Å². The number of hydrogen-bond donors (Lipinski definition) is 3. The summed E-state index contributed by atoms with van der Waals surface area (Å²) in [5.74, 6) is -2.04. The fraction of sp³-hybridized carbons (Fsp3) is 0.700. The molecule has 0 aromatic rings. The average Bonchev–Trinajstić information content (AvgIpc) is 2.60. The highest BCUT2D eigenvalue weighted by Crippen LogP contribution is 2.30. The molecule has 2 atom stereocenters. The van der Waals surface area contributed by atoms with Gasteiger partial charge in [0.15, 0.2) is 0 Å². The Morgan fingerprint density at radius 1 is 1.42 bits per heavy atom. The molecular formula is C10H13F3N4O6S. The molecule has 1 unspecified atom stereocenters. The van der Waals surface area contributed by atoms with Crippen LogP contribution in [0.4, 0.5) is 18.0 Å². The van der Waals surface area contributed by atoms with E-state index in [2.05, 4.69) is 4.28 Å². The Hall–Kier alpha value is -1.93. The SMILES string of the molecule is N=C(NC(=O)CC(F)(F)F)C1CC[C@@H]2CN1C(=O)N2OS(=O)(=O)O. The Kier molecular flexibility index (Phi) is 4.74. The summed E-state index contributed by atoms with van der Waals surface area (Å²) in [6, 6.07) is -2.70. The summed E-state index contributed by atoms with van der Waals surface area (Å²) in [5.41, 5.74) is 0. The molecule has 0 spiro atoms. The maximum atomic E-state index is 12.1. The third-order valence-electron chi connectivity index (χ3n) is 3.47. The molecule has 2 aliphatic rings. The Labute approximate surface area is 133 Å². The third kappa shape index (κ3) is 4.33. The maximum absolute atomic E-state index is 12.1. The van der Waals surface area contributed by atoms with Crippen molar-refractivity contribution in [1.82, 2.24) is 15.3 Å². The smallest absolute Gasteiger partial charge is 0.313 e. The molecule has 0 saturated carbocycles. The first kappa shape index (κ1) is 18.4. The van der Waals surface area contributed by atoms with Gasteiger partial charge >= 0.3 is 22.6 Å². The zero-order valence-corrected chi connectivity index (χ0v) is 12.7. The quantitative estimate of drug-likeness (QED) is 0.360. The predicted molar refractivity (Wildman–Crippen MR) is 69.9 cm³/mol. The van der Waals surface area contributed by atoms with Crippen LogP contribution >= 0.6 is 0 Å². The fourth-order valence-electron chi connectivity index (χ4n) is 2.59. The van der Waals surface area contributed by atoms with Crippen LogP contribution in [0.1, 0.15) is 19.3 Å². The normalized spacial score (nSPS) is 24.2. The minimum Gasteiger partial charge on any atom is -0.313 e. The zero-order valence-electron chi connectivity index (χ0n) is 11.9. The van der Waals surface area contributed by atoms with E-state index in [1.54, 1.807) is 5.32 Å².